The number of benzene rings is 1. The molecule has 0 aliphatic carbocycles. The average Bonchev–Trinajstić information content (AvgIpc) is 2.35. The van der Waals surface area contributed by atoms with Gasteiger partial charge < -0.3 is 10.8 Å². The second-order valence-corrected chi connectivity index (χ2v) is 4.48. The highest BCUT2D eigenvalue weighted by Crippen LogP contribution is 2.19. The van der Waals surface area contributed by atoms with Crippen LogP contribution in [0.25, 0.3) is 0 Å². The molecule has 0 saturated carbocycles. The second kappa shape index (κ2) is 6.00. The first-order valence-corrected chi connectivity index (χ1v) is 5.69. The number of carboxylic acid groups (broad SMARTS) is 1. The number of rotatable bonds is 5. The molecule has 0 bridgehead atoms. The van der Waals surface area contributed by atoms with Crippen LogP contribution in [0.15, 0.2) is 47.6 Å². The molecule has 1 aromatic rings. The van der Waals surface area contributed by atoms with Crippen molar-refractivity contribution in [2.45, 2.75) is 20.4 Å². The van der Waals surface area contributed by atoms with Gasteiger partial charge in [-0.3, -0.25) is 9.79 Å². The van der Waals surface area contributed by atoms with E-state index < -0.39 is 11.4 Å². The van der Waals surface area contributed by atoms with Crippen LogP contribution in [0.5, 0.6) is 0 Å². The quantitative estimate of drug-likeness (QED) is 0.782. The molecule has 0 amide bonds. The summed E-state index contributed by atoms with van der Waals surface area (Å²) in [6, 6.07) is 9.66. The molecule has 0 unspecified atom stereocenters. The van der Waals surface area contributed by atoms with E-state index in [1.54, 1.807) is 13.8 Å². The molecule has 0 heterocycles. The van der Waals surface area contributed by atoms with Crippen molar-refractivity contribution >= 4 is 11.7 Å². The Balaban J connectivity index is 2.96. The Morgan fingerprint density at radius 3 is 2.50 bits per heavy atom. The van der Waals surface area contributed by atoms with Crippen molar-refractivity contribution in [1.29, 1.82) is 0 Å². The van der Waals surface area contributed by atoms with Crippen molar-refractivity contribution in [1.82, 2.24) is 0 Å². The second-order valence-electron chi connectivity index (χ2n) is 4.48. The smallest absolute Gasteiger partial charge is 0.315 e. The molecule has 0 aliphatic rings. The zero-order chi connectivity index (χ0) is 13.6. The summed E-state index contributed by atoms with van der Waals surface area (Å²) in [6.45, 7) is 3.66. The minimum absolute atomic E-state index is 0.442. The van der Waals surface area contributed by atoms with Gasteiger partial charge in [0.2, 0.25) is 0 Å². The van der Waals surface area contributed by atoms with Gasteiger partial charge in [0.05, 0.1) is 12.3 Å². The third kappa shape index (κ3) is 3.45. The summed E-state index contributed by atoms with van der Waals surface area (Å²) in [6.07, 6.45) is 2.85. The molecule has 0 saturated heterocycles. The number of nitrogens with zero attached hydrogens (tertiary/aromatic N) is 1. The monoisotopic (exact) mass is 246 g/mol. The van der Waals surface area contributed by atoms with Gasteiger partial charge in [-0.15, -0.1) is 0 Å². The van der Waals surface area contributed by atoms with Gasteiger partial charge in [-0.05, 0) is 31.7 Å². The molecule has 0 aromatic heterocycles. The van der Waals surface area contributed by atoms with E-state index >= 15 is 0 Å². The van der Waals surface area contributed by atoms with E-state index in [2.05, 4.69) is 4.99 Å². The molecule has 0 radical (unpaired) electrons. The lowest BCUT2D eigenvalue weighted by molar-refractivity contribution is -0.143. The molecular formula is C14H18N2O2. The predicted octanol–water partition coefficient (Wildman–Crippen LogP) is 2.21. The number of aliphatic imine (C=N–C) groups is 1. The summed E-state index contributed by atoms with van der Waals surface area (Å²) in [5.74, 6) is -0.924. The van der Waals surface area contributed by atoms with Crippen LogP contribution in [-0.2, 0) is 11.3 Å². The molecule has 1 rings (SSSR count). The zero-order valence-electron chi connectivity index (χ0n) is 10.6. The average molecular weight is 246 g/mol. The third-order valence-corrected chi connectivity index (χ3v) is 2.70. The van der Waals surface area contributed by atoms with E-state index in [0.717, 1.165) is 5.56 Å². The Morgan fingerprint density at radius 1 is 1.39 bits per heavy atom. The van der Waals surface area contributed by atoms with Gasteiger partial charge in [0.1, 0.15) is 5.41 Å². The summed E-state index contributed by atoms with van der Waals surface area (Å²) >= 11 is 0. The third-order valence-electron chi connectivity index (χ3n) is 2.70. The van der Waals surface area contributed by atoms with Crippen molar-refractivity contribution in [2.75, 3.05) is 0 Å². The minimum Gasteiger partial charge on any atom is -0.481 e. The number of aliphatic carboxylic acids is 1. The first-order chi connectivity index (χ1) is 8.48. The van der Waals surface area contributed by atoms with Gasteiger partial charge in [-0.25, -0.2) is 0 Å². The van der Waals surface area contributed by atoms with Gasteiger partial charge in [0.15, 0.2) is 0 Å². The number of nitrogens with two attached hydrogens (primary N) is 1. The molecule has 4 heteroatoms. The molecule has 18 heavy (non-hydrogen) atoms. The standard InChI is InChI=1S/C14H18N2O2/c1-14(2,13(17)18)12(8-9-15)16-10-11-6-4-3-5-7-11/h3-9H,10,15H2,1-2H3,(H,17,18)/b9-8-,16-12?. The number of carbonyl (C=O) groups is 1. The Bertz CT molecular complexity index is 462. The molecule has 0 aliphatic heterocycles. The molecule has 0 atom stereocenters. The first-order valence-electron chi connectivity index (χ1n) is 5.69. The molecule has 96 valence electrons. The number of carboxylic acids is 1. The van der Waals surface area contributed by atoms with Crippen molar-refractivity contribution in [2.24, 2.45) is 16.1 Å². The highest BCUT2D eigenvalue weighted by atomic mass is 16.4. The SMILES string of the molecule is CC(C)(C(=O)O)C(/C=C\N)=NCc1ccccc1. The highest BCUT2D eigenvalue weighted by molar-refractivity contribution is 6.11. The van der Waals surface area contributed by atoms with Crippen LogP contribution in [0.2, 0.25) is 0 Å². The molecule has 1 aromatic carbocycles. The Kier molecular flexibility index (Phi) is 4.66. The number of hydrogen-bond acceptors (Lipinski definition) is 3. The number of allylic oxidation sites excluding steroid dienone is 1. The van der Waals surface area contributed by atoms with Crippen LogP contribution in [-0.4, -0.2) is 16.8 Å². The van der Waals surface area contributed by atoms with Gasteiger partial charge in [0, 0.05) is 0 Å². The fourth-order valence-corrected chi connectivity index (χ4v) is 1.42. The van der Waals surface area contributed by atoms with Crippen molar-refractivity contribution in [3.63, 3.8) is 0 Å². The summed E-state index contributed by atoms with van der Waals surface area (Å²) in [4.78, 5) is 15.5. The largest absolute Gasteiger partial charge is 0.481 e. The van der Waals surface area contributed by atoms with Gasteiger partial charge in [0.25, 0.3) is 0 Å². The highest BCUT2D eigenvalue weighted by Gasteiger charge is 2.31. The molecule has 0 spiro atoms. The van der Waals surface area contributed by atoms with Gasteiger partial charge in [-0.1, -0.05) is 30.3 Å². The molecular weight excluding hydrogens is 228 g/mol. The van der Waals surface area contributed by atoms with E-state index in [9.17, 15) is 9.90 Å². The zero-order valence-corrected chi connectivity index (χ0v) is 10.6. The molecule has 0 fully saturated rings. The fraction of sp³-hybridized carbons (Fsp3) is 0.286. The van der Waals surface area contributed by atoms with Crippen LogP contribution >= 0.6 is 0 Å². The maximum Gasteiger partial charge on any atom is 0.315 e. The van der Waals surface area contributed by atoms with Crippen LogP contribution in [0.3, 0.4) is 0 Å². The van der Waals surface area contributed by atoms with Crippen LogP contribution in [0.1, 0.15) is 19.4 Å². The summed E-state index contributed by atoms with van der Waals surface area (Å²) < 4.78 is 0. The van der Waals surface area contributed by atoms with E-state index in [1.165, 1.54) is 12.3 Å². The van der Waals surface area contributed by atoms with E-state index in [-0.39, 0.29) is 0 Å². The van der Waals surface area contributed by atoms with E-state index in [4.69, 9.17) is 5.73 Å². The maximum absolute atomic E-state index is 11.2. The van der Waals surface area contributed by atoms with Crippen LogP contribution in [0, 0.1) is 5.41 Å². The number of hydrogen-bond donors (Lipinski definition) is 2. The van der Waals surface area contributed by atoms with E-state index in [0.29, 0.717) is 12.3 Å². The van der Waals surface area contributed by atoms with Crippen molar-refractivity contribution < 1.29 is 9.90 Å². The van der Waals surface area contributed by atoms with Crippen LogP contribution < -0.4 is 5.73 Å². The fourth-order valence-electron chi connectivity index (χ4n) is 1.42. The van der Waals surface area contributed by atoms with Gasteiger partial charge >= 0.3 is 5.97 Å². The Labute approximate surface area is 107 Å². The summed E-state index contributed by atoms with van der Waals surface area (Å²) in [7, 11) is 0. The van der Waals surface area contributed by atoms with Crippen molar-refractivity contribution in [3.8, 4) is 0 Å². The molecule has 4 nitrogen and oxygen atoms in total. The lowest BCUT2D eigenvalue weighted by Gasteiger charge is -2.19. The molecule has 3 N–H and O–H groups in total. The minimum atomic E-state index is -1.05. The predicted molar refractivity (Wildman–Crippen MR) is 72.3 cm³/mol. The summed E-state index contributed by atoms with van der Waals surface area (Å²) in [5.41, 5.74) is 5.78. The van der Waals surface area contributed by atoms with Gasteiger partial charge in [-0.2, -0.15) is 0 Å². The Hall–Kier alpha value is -2.10. The summed E-state index contributed by atoms with van der Waals surface area (Å²) in [5, 5.41) is 9.18. The lowest BCUT2D eigenvalue weighted by Crippen LogP contribution is -2.32. The lowest BCUT2D eigenvalue weighted by atomic mass is 9.87. The van der Waals surface area contributed by atoms with Crippen LogP contribution in [0.4, 0.5) is 0 Å². The normalized spacial score (nSPS) is 12.9. The Morgan fingerprint density at radius 2 is 2.00 bits per heavy atom. The topological polar surface area (TPSA) is 75.7 Å². The van der Waals surface area contributed by atoms with Crippen molar-refractivity contribution in [3.05, 3.63) is 48.2 Å². The van der Waals surface area contributed by atoms with E-state index in [1.807, 2.05) is 30.3 Å². The maximum atomic E-state index is 11.2. The first kappa shape index (κ1) is 14.0.